The number of carbonyl (C=O) groups is 1. The zero-order valence-corrected chi connectivity index (χ0v) is 14.0. The van der Waals surface area contributed by atoms with Crippen LogP contribution in [0, 0.1) is 5.92 Å². The quantitative estimate of drug-likeness (QED) is 0.779. The largest absolute Gasteiger partial charge is 0.481 e. The van der Waals surface area contributed by atoms with Crippen LogP contribution >= 0.6 is 0 Å². The maximum atomic E-state index is 12.5. The fourth-order valence-corrected chi connectivity index (χ4v) is 3.23. The molecule has 4 rings (SSSR count). The number of amides is 1. The van der Waals surface area contributed by atoms with Gasteiger partial charge in [0, 0.05) is 36.3 Å². The molecule has 3 aromatic rings. The van der Waals surface area contributed by atoms with Crippen molar-refractivity contribution in [2.45, 2.75) is 18.9 Å². The van der Waals surface area contributed by atoms with E-state index in [9.17, 15) is 4.79 Å². The van der Waals surface area contributed by atoms with Gasteiger partial charge in [0.2, 0.25) is 11.8 Å². The Labute approximate surface area is 146 Å². The van der Waals surface area contributed by atoms with Crippen LogP contribution in [0.5, 0.6) is 5.88 Å². The standard InChI is InChI=1S/C20H19N3O2/c1-25-19-9-14(15-6-2-3-7-18(15)23-19)12-22-20(24)17-10-16(17)13-5-4-8-21-11-13/h2-9,11,16-17H,10,12H2,1H3,(H,22,24). The lowest BCUT2D eigenvalue weighted by Crippen LogP contribution is -2.25. The third-order valence-electron chi connectivity index (χ3n) is 4.68. The first-order valence-corrected chi connectivity index (χ1v) is 8.36. The molecular formula is C20H19N3O2. The van der Waals surface area contributed by atoms with E-state index < -0.39 is 0 Å². The zero-order valence-electron chi connectivity index (χ0n) is 14.0. The molecule has 2 aromatic heterocycles. The summed E-state index contributed by atoms with van der Waals surface area (Å²) in [5, 5.41) is 4.09. The van der Waals surface area contributed by atoms with Crippen LogP contribution in [0.3, 0.4) is 0 Å². The summed E-state index contributed by atoms with van der Waals surface area (Å²) in [6.07, 6.45) is 4.49. The van der Waals surface area contributed by atoms with Gasteiger partial charge in [0.1, 0.15) is 0 Å². The van der Waals surface area contributed by atoms with E-state index in [4.69, 9.17) is 4.74 Å². The van der Waals surface area contributed by atoms with Crippen molar-refractivity contribution in [3.05, 3.63) is 66.0 Å². The van der Waals surface area contributed by atoms with Gasteiger partial charge in [0.25, 0.3) is 0 Å². The van der Waals surface area contributed by atoms with Gasteiger partial charge in [-0.25, -0.2) is 4.98 Å². The van der Waals surface area contributed by atoms with E-state index in [0.717, 1.165) is 28.5 Å². The molecule has 5 heteroatoms. The smallest absolute Gasteiger partial charge is 0.224 e. The molecule has 0 spiro atoms. The van der Waals surface area contributed by atoms with Gasteiger partial charge in [-0.15, -0.1) is 0 Å². The molecule has 5 nitrogen and oxygen atoms in total. The van der Waals surface area contributed by atoms with Gasteiger partial charge in [-0.3, -0.25) is 9.78 Å². The lowest BCUT2D eigenvalue weighted by molar-refractivity contribution is -0.122. The number of rotatable bonds is 5. The highest BCUT2D eigenvalue weighted by Crippen LogP contribution is 2.47. The fourth-order valence-electron chi connectivity index (χ4n) is 3.23. The van der Waals surface area contributed by atoms with Crippen molar-refractivity contribution >= 4 is 16.8 Å². The Balaban J connectivity index is 1.47. The third kappa shape index (κ3) is 3.18. The minimum Gasteiger partial charge on any atom is -0.481 e. The highest BCUT2D eigenvalue weighted by Gasteiger charge is 2.43. The Hall–Kier alpha value is -2.95. The Morgan fingerprint density at radius 1 is 1.28 bits per heavy atom. The van der Waals surface area contributed by atoms with E-state index in [0.29, 0.717) is 12.4 Å². The van der Waals surface area contributed by atoms with Crippen molar-refractivity contribution < 1.29 is 9.53 Å². The van der Waals surface area contributed by atoms with E-state index in [1.165, 1.54) is 0 Å². The number of benzene rings is 1. The Kier molecular flexibility index (Phi) is 4.06. The molecule has 0 saturated heterocycles. The normalized spacial score (nSPS) is 18.8. The topological polar surface area (TPSA) is 64.1 Å². The summed E-state index contributed by atoms with van der Waals surface area (Å²) >= 11 is 0. The molecule has 0 radical (unpaired) electrons. The number of hydrogen-bond acceptors (Lipinski definition) is 4. The lowest BCUT2D eigenvalue weighted by Gasteiger charge is -2.10. The molecule has 25 heavy (non-hydrogen) atoms. The van der Waals surface area contributed by atoms with Gasteiger partial charge in [0.05, 0.1) is 12.6 Å². The van der Waals surface area contributed by atoms with E-state index in [1.807, 2.05) is 48.7 Å². The maximum Gasteiger partial charge on any atom is 0.224 e. The SMILES string of the molecule is COc1cc(CNC(=O)C2CC2c2cccnc2)c2ccccc2n1. The summed E-state index contributed by atoms with van der Waals surface area (Å²) in [5.74, 6) is 0.980. The molecule has 1 fully saturated rings. The van der Waals surface area contributed by atoms with Crippen molar-refractivity contribution in [1.29, 1.82) is 0 Å². The van der Waals surface area contributed by atoms with Crippen LogP contribution < -0.4 is 10.1 Å². The molecule has 1 saturated carbocycles. The lowest BCUT2D eigenvalue weighted by atomic mass is 10.1. The molecular weight excluding hydrogens is 314 g/mol. The van der Waals surface area contributed by atoms with E-state index in [2.05, 4.69) is 15.3 Å². The average Bonchev–Trinajstić information content (AvgIpc) is 3.47. The first-order valence-electron chi connectivity index (χ1n) is 8.36. The summed E-state index contributed by atoms with van der Waals surface area (Å²) in [6.45, 7) is 0.467. The summed E-state index contributed by atoms with van der Waals surface area (Å²) < 4.78 is 5.27. The number of methoxy groups -OCH3 is 1. The van der Waals surface area contributed by atoms with Crippen LogP contribution in [0.25, 0.3) is 10.9 Å². The van der Waals surface area contributed by atoms with Crippen LogP contribution in [0.15, 0.2) is 54.9 Å². The Bertz CT molecular complexity index is 911. The van der Waals surface area contributed by atoms with Gasteiger partial charge in [0.15, 0.2) is 0 Å². The molecule has 1 N–H and O–H groups in total. The number of para-hydroxylation sites is 1. The average molecular weight is 333 g/mol. The molecule has 126 valence electrons. The summed E-state index contributed by atoms with van der Waals surface area (Å²) in [6, 6.07) is 13.7. The maximum absolute atomic E-state index is 12.5. The van der Waals surface area contributed by atoms with Crippen LogP contribution in [0.2, 0.25) is 0 Å². The van der Waals surface area contributed by atoms with Crippen molar-refractivity contribution in [3.63, 3.8) is 0 Å². The number of carbonyl (C=O) groups excluding carboxylic acids is 1. The summed E-state index contributed by atoms with van der Waals surface area (Å²) in [7, 11) is 1.60. The van der Waals surface area contributed by atoms with Crippen LogP contribution in [-0.2, 0) is 11.3 Å². The first-order chi connectivity index (χ1) is 12.3. The minimum atomic E-state index is 0.0409. The molecule has 1 amide bonds. The highest BCUT2D eigenvalue weighted by molar-refractivity contribution is 5.85. The molecule has 2 heterocycles. The number of ether oxygens (including phenoxy) is 1. The molecule has 2 unspecified atom stereocenters. The molecule has 0 bridgehead atoms. The van der Waals surface area contributed by atoms with Crippen molar-refractivity contribution in [3.8, 4) is 5.88 Å². The van der Waals surface area contributed by atoms with Crippen molar-refractivity contribution in [2.24, 2.45) is 5.92 Å². The number of nitrogens with zero attached hydrogens (tertiary/aromatic N) is 2. The van der Waals surface area contributed by atoms with E-state index in [1.54, 1.807) is 13.3 Å². The molecule has 2 atom stereocenters. The summed E-state index contributed by atoms with van der Waals surface area (Å²) in [4.78, 5) is 21.0. The molecule has 1 aromatic carbocycles. The second kappa shape index (κ2) is 6.51. The number of fused-ring (bicyclic) bond motifs is 1. The Morgan fingerprint density at radius 2 is 2.16 bits per heavy atom. The Morgan fingerprint density at radius 3 is 2.96 bits per heavy atom. The molecule has 1 aliphatic carbocycles. The summed E-state index contributed by atoms with van der Waals surface area (Å²) in [5.41, 5.74) is 3.01. The van der Waals surface area contributed by atoms with Gasteiger partial charge in [-0.1, -0.05) is 24.3 Å². The monoisotopic (exact) mass is 333 g/mol. The second-order valence-electron chi connectivity index (χ2n) is 6.29. The third-order valence-corrected chi connectivity index (χ3v) is 4.68. The van der Waals surface area contributed by atoms with Gasteiger partial charge in [-0.2, -0.15) is 0 Å². The highest BCUT2D eigenvalue weighted by atomic mass is 16.5. The van der Waals surface area contributed by atoms with Crippen LogP contribution in [-0.4, -0.2) is 23.0 Å². The predicted octanol–water partition coefficient (Wildman–Crippen LogP) is 3.06. The molecule has 0 aliphatic heterocycles. The van der Waals surface area contributed by atoms with E-state index >= 15 is 0 Å². The predicted molar refractivity (Wildman–Crippen MR) is 95.2 cm³/mol. The van der Waals surface area contributed by atoms with Crippen molar-refractivity contribution in [2.75, 3.05) is 7.11 Å². The van der Waals surface area contributed by atoms with Crippen LogP contribution in [0.1, 0.15) is 23.5 Å². The molecule has 1 aliphatic rings. The number of aromatic nitrogens is 2. The number of pyridine rings is 2. The second-order valence-corrected chi connectivity index (χ2v) is 6.29. The fraction of sp³-hybridized carbons (Fsp3) is 0.250. The number of hydrogen-bond donors (Lipinski definition) is 1. The minimum absolute atomic E-state index is 0.0409. The van der Waals surface area contributed by atoms with E-state index in [-0.39, 0.29) is 17.7 Å². The van der Waals surface area contributed by atoms with Crippen LogP contribution in [0.4, 0.5) is 0 Å². The van der Waals surface area contributed by atoms with Gasteiger partial charge in [-0.05, 0) is 35.6 Å². The first kappa shape index (κ1) is 15.6. The van der Waals surface area contributed by atoms with Crippen molar-refractivity contribution in [1.82, 2.24) is 15.3 Å². The van der Waals surface area contributed by atoms with Gasteiger partial charge >= 0.3 is 0 Å². The van der Waals surface area contributed by atoms with Gasteiger partial charge < -0.3 is 10.1 Å². The number of nitrogens with one attached hydrogen (secondary N) is 1. The zero-order chi connectivity index (χ0) is 17.2.